The maximum atomic E-state index is 12.8. The Morgan fingerprint density at radius 1 is 1.14 bits per heavy atom. The first kappa shape index (κ1) is 18.7. The molecular weight excluding hydrogens is 444 g/mol. The second-order valence-electron chi connectivity index (χ2n) is 6.37. The van der Waals surface area contributed by atoms with Gasteiger partial charge in [-0.2, -0.15) is 5.10 Å². The molecule has 0 radical (unpaired) electrons. The minimum Gasteiger partial charge on any atom is -0.320 e. The van der Waals surface area contributed by atoms with E-state index in [0.717, 1.165) is 10.2 Å². The van der Waals surface area contributed by atoms with Crippen LogP contribution in [-0.2, 0) is 10.0 Å². The number of para-hydroxylation sites is 2. The van der Waals surface area contributed by atoms with Crippen LogP contribution in [0.1, 0.15) is 16.8 Å². The first-order chi connectivity index (χ1) is 13.4. The van der Waals surface area contributed by atoms with Gasteiger partial charge in [0, 0.05) is 18.3 Å². The van der Waals surface area contributed by atoms with Crippen molar-refractivity contribution in [3.05, 3.63) is 71.0 Å². The molecular formula is C19H17BrN4O3S. The normalized spacial score (nSPS) is 15.5. The molecule has 0 spiro atoms. The lowest BCUT2D eigenvalue weighted by molar-refractivity contribution is 0.102. The van der Waals surface area contributed by atoms with E-state index in [0.29, 0.717) is 29.9 Å². The molecule has 1 aromatic heterocycles. The molecule has 2 aromatic carbocycles. The van der Waals surface area contributed by atoms with Gasteiger partial charge in [-0.05, 0) is 52.7 Å². The number of sulfonamides is 1. The Hall–Kier alpha value is -2.65. The second kappa shape index (κ2) is 7.40. The predicted octanol–water partition coefficient (Wildman–Crippen LogP) is 3.43. The molecule has 1 fully saturated rings. The minimum absolute atomic E-state index is 0.135. The van der Waals surface area contributed by atoms with E-state index in [1.807, 2.05) is 18.2 Å². The summed E-state index contributed by atoms with van der Waals surface area (Å²) in [4.78, 5) is 12.8. The van der Waals surface area contributed by atoms with Crippen LogP contribution in [0.3, 0.4) is 0 Å². The monoisotopic (exact) mass is 460 g/mol. The van der Waals surface area contributed by atoms with Gasteiger partial charge in [-0.15, -0.1) is 0 Å². The van der Waals surface area contributed by atoms with Crippen molar-refractivity contribution in [3.63, 3.8) is 0 Å². The zero-order chi connectivity index (χ0) is 19.7. The SMILES string of the molecule is O=C(Nc1ccccc1-n1cc(Br)cn1)c1cccc(N2CCCS2(=O)=O)c1. The van der Waals surface area contributed by atoms with Gasteiger partial charge in [0.25, 0.3) is 5.91 Å². The molecule has 144 valence electrons. The molecule has 1 amide bonds. The molecule has 2 heterocycles. The molecule has 1 N–H and O–H groups in total. The Labute approximate surface area is 171 Å². The number of nitrogens with zero attached hydrogens (tertiary/aromatic N) is 3. The number of benzene rings is 2. The third-order valence-corrected chi connectivity index (χ3v) is 6.72. The molecule has 0 unspecified atom stereocenters. The number of rotatable bonds is 4. The van der Waals surface area contributed by atoms with E-state index in [9.17, 15) is 13.2 Å². The summed E-state index contributed by atoms with van der Waals surface area (Å²) >= 11 is 3.37. The summed E-state index contributed by atoms with van der Waals surface area (Å²) in [7, 11) is -3.30. The molecule has 3 aromatic rings. The highest BCUT2D eigenvalue weighted by molar-refractivity contribution is 9.10. The largest absolute Gasteiger partial charge is 0.320 e. The third-order valence-electron chi connectivity index (χ3n) is 4.45. The molecule has 0 atom stereocenters. The van der Waals surface area contributed by atoms with Crippen LogP contribution in [-0.4, -0.2) is 36.4 Å². The second-order valence-corrected chi connectivity index (χ2v) is 9.29. The number of hydrogen-bond acceptors (Lipinski definition) is 4. The lowest BCUT2D eigenvalue weighted by Gasteiger charge is -2.17. The van der Waals surface area contributed by atoms with E-state index in [-0.39, 0.29) is 11.7 Å². The summed E-state index contributed by atoms with van der Waals surface area (Å²) in [5.74, 6) is -0.187. The number of carbonyl (C=O) groups excluding carboxylic acids is 1. The van der Waals surface area contributed by atoms with Crippen molar-refractivity contribution in [3.8, 4) is 5.69 Å². The van der Waals surface area contributed by atoms with Gasteiger partial charge in [-0.1, -0.05) is 18.2 Å². The molecule has 1 saturated heterocycles. The zero-order valence-corrected chi connectivity index (χ0v) is 17.1. The molecule has 4 rings (SSSR count). The van der Waals surface area contributed by atoms with Crippen LogP contribution < -0.4 is 9.62 Å². The van der Waals surface area contributed by atoms with E-state index in [2.05, 4.69) is 26.3 Å². The van der Waals surface area contributed by atoms with Crippen molar-refractivity contribution in [2.45, 2.75) is 6.42 Å². The topological polar surface area (TPSA) is 84.3 Å². The van der Waals surface area contributed by atoms with E-state index in [1.165, 1.54) is 4.31 Å². The summed E-state index contributed by atoms with van der Waals surface area (Å²) in [5.41, 5.74) is 2.22. The standard InChI is InChI=1S/C19H17BrN4O3S/c20-15-12-21-23(13-15)18-8-2-1-7-17(18)22-19(25)14-5-3-6-16(11-14)24-9-4-10-28(24,26)27/h1-3,5-8,11-13H,4,9-10H2,(H,22,25). The highest BCUT2D eigenvalue weighted by Gasteiger charge is 2.28. The van der Waals surface area contributed by atoms with Crippen LogP contribution in [0, 0.1) is 0 Å². The molecule has 28 heavy (non-hydrogen) atoms. The Bertz CT molecular complexity index is 1140. The molecule has 1 aliphatic heterocycles. The maximum absolute atomic E-state index is 12.8. The van der Waals surface area contributed by atoms with Crippen LogP contribution in [0.5, 0.6) is 0 Å². The Balaban J connectivity index is 1.61. The summed E-state index contributed by atoms with van der Waals surface area (Å²) in [6, 6.07) is 14.0. The number of halogens is 1. The van der Waals surface area contributed by atoms with Gasteiger partial charge < -0.3 is 5.32 Å². The van der Waals surface area contributed by atoms with Gasteiger partial charge in [0.1, 0.15) is 0 Å². The molecule has 0 bridgehead atoms. The Morgan fingerprint density at radius 2 is 1.96 bits per heavy atom. The maximum Gasteiger partial charge on any atom is 0.255 e. The van der Waals surface area contributed by atoms with Crippen LogP contribution in [0.25, 0.3) is 5.69 Å². The Morgan fingerprint density at radius 3 is 2.68 bits per heavy atom. The molecule has 0 saturated carbocycles. The quantitative estimate of drug-likeness (QED) is 0.646. The number of anilines is 2. The molecule has 1 aliphatic rings. The average Bonchev–Trinajstić information content (AvgIpc) is 3.27. The van der Waals surface area contributed by atoms with Crippen LogP contribution in [0.2, 0.25) is 0 Å². The summed E-state index contributed by atoms with van der Waals surface area (Å²) < 4.78 is 28.1. The van der Waals surface area contributed by atoms with E-state index in [4.69, 9.17) is 0 Å². The molecule has 9 heteroatoms. The van der Waals surface area contributed by atoms with Gasteiger partial charge in [-0.25, -0.2) is 13.1 Å². The first-order valence-corrected chi connectivity index (χ1v) is 11.1. The van der Waals surface area contributed by atoms with Crippen molar-refractivity contribution in [2.75, 3.05) is 21.9 Å². The summed E-state index contributed by atoms with van der Waals surface area (Å²) in [6.07, 6.45) is 4.05. The average molecular weight is 461 g/mol. The number of amides is 1. The van der Waals surface area contributed by atoms with Gasteiger partial charge in [-0.3, -0.25) is 9.10 Å². The van der Waals surface area contributed by atoms with Crippen molar-refractivity contribution in [1.29, 1.82) is 0 Å². The third kappa shape index (κ3) is 3.67. The lowest BCUT2D eigenvalue weighted by atomic mass is 10.1. The fourth-order valence-electron chi connectivity index (χ4n) is 3.14. The van der Waals surface area contributed by atoms with Crippen molar-refractivity contribution < 1.29 is 13.2 Å². The molecule has 7 nitrogen and oxygen atoms in total. The smallest absolute Gasteiger partial charge is 0.255 e. The van der Waals surface area contributed by atoms with E-state index >= 15 is 0 Å². The first-order valence-electron chi connectivity index (χ1n) is 8.65. The fraction of sp³-hybridized carbons (Fsp3) is 0.158. The summed E-state index contributed by atoms with van der Waals surface area (Å²) in [6.45, 7) is 0.435. The highest BCUT2D eigenvalue weighted by Crippen LogP contribution is 2.26. The fourth-order valence-corrected chi connectivity index (χ4v) is 4.98. The summed E-state index contributed by atoms with van der Waals surface area (Å²) in [5, 5.41) is 7.14. The zero-order valence-electron chi connectivity index (χ0n) is 14.7. The van der Waals surface area contributed by atoms with Gasteiger partial charge in [0.15, 0.2) is 0 Å². The Kier molecular flexibility index (Phi) is 4.94. The van der Waals surface area contributed by atoms with Crippen LogP contribution >= 0.6 is 15.9 Å². The van der Waals surface area contributed by atoms with E-state index < -0.39 is 10.0 Å². The predicted molar refractivity (Wildman–Crippen MR) is 111 cm³/mol. The van der Waals surface area contributed by atoms with Crippen molar-refractivity contribution in [2.24, 2.45) is 0 Å². The van der Waals surface area contributed by atoms with E-state index in [1.54, 1.807) is 47.4 Å². The van der Waals surface area contributed by atoms with Crippen LogP contribution in [0.4, 0.5) is 11.4 Å². The lowest BCUT2D eigenvalue weighted by Crippen LogP contribution is -2.25. The number of nitrogens with one attached hydrogen (secondary N) is 1. The van der Waals surface area contributed by atoms with Gasteiger partial charge in [0.2, 0.25) is 10.0 Å². The molecule has 0 aliphatic carbocycles. The van der Waals surface area contributed by atoms with Gasteiger partial charge >= 0.3 is 0 Å². The van der Waals surface area contributed by atoms with Crippen molar-refractivity contribution in [1.82, 2.24) is 9.78 Å². The number of hydrogen-bond donors (Lipinski definition) is 1. The van der Waals surface area contributed by atoms with Crippen LogP contribution in [0.15, 0.2) is 65.4 Å². The number of aromatic nitrogens is 2. The number of carbonyl (C=O) groups is 1. The minimum atomic E-state index is -3.30. The van der Waals surface area contributed by atoms with Gasteiger partial charge in [0.05, 0.1) is 33.5 Å². The van der Waals surface area contributed by atoms with Crippen molar-refractivity contribution >= 4 is 43.2 Å². The highest BCUT2D eigenvalue weighted by atomic mass is 79.9.